The van der Waals surface area contributed by atoms with Crippen molar-refractivity contribution in [1.29, 1.82) is 0 Å². The average Bonchev–Trinajstić information content (AvgIpc) is 3.09. The Morgan fingerprint density at radius 3 is 3.04 bits per heavy atom. The van der Waals surface area contributed by atoms with Gasteiger partial charge in [-0.1, -0.05) is 6.92 Å². The van der Waals surface area contributed by atoms with Crippen LogP contribution in [0.25, 0.3) is 0 Å². The predicted molar refractivity (Wildman–Crippen MR) is 94.0 cm³/mol. The topological polar surface area (TPSA) is 71.0 Å². The van der Waals surface area contributed by atoms with E-state index in [-0.39, 0.29) is 6.03 Å². The Morgan fingerprint density at radius 2 is 2.29 bits per heavy atom. The number of hydrogen-bond acceptors (Lipinski definition) is 5. The number of amides is 2. The highest BCUT2D eigenvalue weighted by Gasteiger charge is 2.26. The molecule has 1 saturated heterocycles. The number of urea groups is 1. The number of thiazole rings is 1. The number of aryl methyl sites for hydroxylation is 2. The fourth-order valence-corrected chi connectivity index (χ4v) is 3.95. The van der Waals surface area contributed by atoms with Crippen LogP contribution in [0.4, 0.5) is 4.79 Å². The Morgan fingerprint density at radius 1 is 1.42 bits per heavy atom. The van der Waals surface area contributed by atoms with E-state index in [2.05, 4.69) is 27.6 Å². The molecule has 0 radical (unpaired) electrons. The first-order valence-electron chi connectivity index (χ1n) is 8.41. The van der Waals surface area contributed by atoms with E-state index >= 15 is 0 Å². The summed E-state index contributed by atoms with van der Waals surface area (Å²) >= 11 is 1.72. The molecule has 1 aliphatic rings. The van der Waals surface area contributed by atoms with Crippen LogP contribution in [0.2, 0.25) is 0 Å². The van der Waals surface area contributed by atoms with E-state index in [9.17, 15) is 4.79 Å². The third-order valence-corrected chi connectivity index (χ3v) is 5.30. The predicted octanol–water partition coefficient (Wildman–Crippen LogP) is 2.89. The van der Waals surface area contributed by atoms with Gasteiger partial charge in [0.1, 0.15) is 5.82 Å². The maximum atomic E-state index is 12.4. The number of rotatable bonds is 4. The maximum absolute atomic E-state index is 12.4. The number of piperidine rings is 1. The Hall–Kier alpha value is -2.02. The first-order valence-corrected chi connectivity index (χ1v) is 9.29. The smallest absolute Gasteiger partial charge is 0.317 e. The molecule has 7 heteroatoms. The van der Waals surface area contributed by atoms with Crippen molar-refractivity contribution in [2.45, 2.75) is 45.6 Å². The van der Waals surface area contributed by atoms with E-state index in [0.29, 0.717) is 12.5 Å². The van der Waals surface area contributed by atoms with Crippen molar-refractivity contribution in [1.82, 2.24) is 25.2 Å². The van der Waals surface area contributed by atoms with Gasteiger partial charge in [-0.3, -0.25) is 0 Å². The lowest BCUT2D eigenvalue weighted by Crippen LogP contribution is -2.44. The van der Waals surface area contributed by atoms with Crippen molar-refractivity contribution in [3.8, 4) is 0 Å². The lowest BCUT2D eigenvalue weighted by molar-refractivity contribution is 0.179. The monoisotopic (exact) mass is 345 g/mol. The first kappa shape index (κ1) is 16.8. The normalized spacial score (nSPS) is 17.8. The van der Waals surface area contributed by atoms with Gasteiger partial charge in [0.25, 0.3) is 0 Å². The minimum absolute atomic E-state index is 0.0248. The van der Waals surface area contributed by atoms with E-state index in [1.54, 1.807) is 17.5 Å². The van der Waals surface area contributed by atoms with Gasteiger partial charge in [0.15, 0.2) is 0 Å². The Balaban J connectivity index is 1.56. The summed E-state index contributed by atoms with van der Waals surface area (Å²) in [5.74, 6) is 1.08. The van der Waals surface area contributed by atoms with Gasteiger partial charge in [-0.15, -0.1) is 11.3 Å². The molecule has 1 fully saturated rings. The number of hydrogen-bond donors (Lipinski definition) is 1. The van der Waals surface area contributed by atoms with Crippen LogP contribution in [-0.4, -0.2) is 39.0 Å². The second-order valence-corrected chi connectivity index (χ2v) is 6.96. The molecule has 0 aromatic carbocycles. The molecule has 0 bridgehead atoms. The number of nitrogens with zero attached hydrogens (tertiary/aromatic N) is 4. The molecule has 0 spiro atoms. The van der Waals surface area contributed by atoms with Crippen molar-refractivity contribution in [3.63, 3.8) is 0 Å². The number of carbonyl (C=O) groups is 1. The van der Waals surface area contributed by atoms with Gasteiger partial charge in [-0.05, 0) is 32.3 Å². The highest BCUT2D eigenvalue weighted by atomic mass is 32.1. The highest BCUT2D eigenvalue weighted by Crippen LogP contribution is 2.29. The van der Waals surface area contributed by atoms with Crippen LogP contribution in [0.15, 0.2) is 17.6 Å². The molecule has 0 aliphatic carbocycles. The van der Waals surface area contributed by atoms with Gasteiger partial charge in [0.05, 0.1) is 22.9 Å². The Kier molecular flexibility index (Phi) is 5.40. The van der Waals surface area contributed by atoms with Crippen molar-refractivity contribution in [2.24, 2.45) is 0 Å². The van der Waals surface area contributed by atoms with Gasteiger partial charge in [-0.2, -0.15) is 0 Å². The first-order chi connectivity index (χ1) is 11.7. The van der Waals surface area contributed by atoms with Gasteiger partial charge >= 0.3 is 6.03 Å². The minimum atomic E-state index is -0.0248. The zero-order valence-electron chi connectivity index (χ0n) is 14.2. The summed E-state index contributed by atoms with van der Waals surface area (Å²) < 4.78 is 0. The lowest BCUT2D eigenvalue weighted by Gasteiger charge is -2.31. The average molecular weight is 345 g/mol. The van der Waals surface area contributed by atoms with E-state index < -0.39 is 0 Å². The molecule has 128 valence electrons. The number of aromatic nitrogens is 3. The van der Waals surface area contributed by atoms with E-state index in [1.807, 2.05) is 17.9 Å². The van der Waals surface area contributed by atoms with Crippen molar-refractivity contribution in [2.75, 3.05) is 13.1 Å². The van der Waals surface area contributed by atoms with Crippen LogP contribution >= 0.6 is 11.3 Å². The molecule has 3 rings (SSSR count). The summed E-state index contributed by atoms with van der Waals surface area (Å²) in [4.78, 5) is 27.4. The van der Waals surface area contributed by atoms with Crippen molar-refractivity contribution >= 4 is 17.4 Å². The van der Waals surface area contributed by atoms with Crippen LogP contribution in [0.5, 0.6) is 0 Å². The summed E-state index contributed by atoms with van der Waals surface area (Å²) in [7, 11) is 0. The molecule has 0 saturated carbocycles. The van der Waals surface area contributed by atoms with Crippen LogP contribution in [0.3, 0.4) is 0 Å². The van der Waals surface area contributed by atoms with Crippen LogP contribution in [0.1, 0.15) is 47.9 Å². The molecule has 1 aliphatic heterocycles. The number of likely N-dealkylation sites (tertiary alicyclic amines) is 1. The summed E-state index contributed by atoms with van der Waals surface area (Å²) in [6.07, 6.45) is 4.80. The van der Waals surface area contributed by atoms with Crippen molar-refractivity contribution < 1.29 is 4.79 Å². The summed E-state index contributed by atoms with van der Waals surface area (Å²) in [6, 6.07) is 1.80. The van der Waals surface area contributed by atoms with Gasteiger partial charge in [0.2, 0.25) is 0 Å². The largest absolute Gasteiger partial charge is 0.332 e. The Labute approximate surface area is 146 Å². The van der Waals surface area contributed by atoms with Gasteiger partial charge in [-0.25, -0.2) is 19.7 Å². The van der Waals surface area contributed by atoms with E-state index in [1.165, 1.54) is 0 Å². The molecule has 3 heterocycles. The zero-order chi connectivity index (χ0) is 16.9. The fraction of sp³-hybridized carbons (Fsp3) is 0.529. The van der Waals surface area contributed by atoms with E-state index in [4.69, 9.17) is 4.98 Å². The fourth-order valence-electron chi connectivity index (χ4n) is 2.92. The van der Waals surface area contributed by atoms with Crippen molar-refractivity contribution in [3.05, 3.63) is 39.9 Å². The molecule has 1 atom stereocenters. The standard InChI is InChI=1S/C17H23N5OS/c1-3-14-11-24-16(21-14)13-5-4-8-22(10-13)17(23)19-9-15-6-7-18-12(2)20-15/h6-7,11,13H,3-5,8-10H2,1-2H3,(H,19,23). The SMILES string of the molecule is CCc1csc(C2CCCN(C(=O)NCc3ccnc(C)n3)C2)n1. The zero-order valence-corrected chi connectivity index (χ0v) is 15.0. The summed E-state index contributed by atoms with van der Waals surface area (Å²) in [6.45, 7) is 5.94. The van der Waals surface area contributed by atoms with Gasteiger partial charge < -0.3 is 10.2 Å². The molecule has 24 heavy (non-hydrogen) atoms. The minimum Gasteiger partial charge on any atom is -0.332 e. The van der Waals surface area contributed by atoms with E-state index in [0.717, 1.165) is 54.6 Å². The lowest BCUT2D eigenvalue weighted by atomic mass is 9.99. The Bertz CT molecular complexity index is 702. The second kappa shape index (κ2) is 7.70. The third kappa shape index (κ3) is 4.08. The third-order valence-electron chi connectivity index (χ3n) is 4.24. The molecule has 6 nitrogen and oxygen atoms in total. The highest BCUT2D eigenvalue weighted by molar-refractivity contribution is 7.09. The van der Waals surface area contributed by atoms with Crippen LogP contribution in [-0.2, 0) is 13.0 Å². The number of nitrogens with one attached hydrogen (secondary N) is 1. The second-order valence-electron chi connectivity index (χ2n) is 6.07. The summed E-state index contributed by atoms with van der Waals surface area (Å²) in [5.41, 5.74) is 1.98. The quantitative estimate of drug-likeness (QED) is 0.925. The van der Waals surface area contributed by atoms with Crippen LogP contribution < -0.4 is 5.32 Å². The maximum Gasteiger partial charge on any atom is 0.317 e. The molecular formula is C17H23N5OS. The number of carbonyl (C=O) groups excluding carboxylic acids is 1. The molecular weight excluding hydrogens is 322 g/mol. The van der Waals surface area contributed by atoms with Gasteiger partial charge in [0, 0.05) is 30.6 Å². The molecule has 1 unspecified atom stereocenters. The molecule has 2 aromatic heterocycles. The molecule has 1 N–H and O–H groups in total. The summed E-state index contributed by atoms with van der Waals surface area (Å²) in [5, 5.41) is 6.26. The molecule has 2 amide bonds. The molecule has 2 aromatic rings. The van der Waals surface area contributed by atoms with Crippen LogP contribution in [0, 0.1) is 6.92 Å².